The summed E-state index contributed by atoms with van der Waals surface area (Å²) in [5.74, 6) is 1.84. The van der Waals surface area contributed by atoms with Gasteiger partial charge in [-0.1, -0.05) is 18.2 Å². The molecule has 1 aliphatic rings. The number of nitrogens with zero attached hydrogens (tertiary/aromatic N) is 3. The summed E-state index contributed by atoms with van der Waals surface area (Å²) >= 11 is 0. The molecule has 3 heterocycles. The predicted molar refractivity (Wildman–Crippen MR) is 116 cm³/mol. The van der Waals surface area contributed by atoms with Gasteiger partial charge in [0.25, 0.3) is 5.91 Å². The first-order chi connectivity index (χ1) is 14.6. The Morgan fingerprint density at radius 1 is 1.23 bits per heavy atom. The molecule has 30 heavy (non-hydrogen) atoms. The second-order valence-electron chi connectivity index (χ2n) is 7.73. The van der Waals surface area contributed by atoms with E-state index in [0.717, 1.165) is 40.0 Å². The van der Waals surface area contributed by atoms with Crippen molar-refractivity contribution in [3.63, 3.8) is 0 Å². The molecule has 0 saturated heterocycles. The minimum absolute atomic E-state index is 0.0752. The highest BCUT2D eigenvalue weighted by atomic mass is 16.5. The number of nitrogens with one attached hydrogen (secondary N) is 1. The number of aryl methyl sites for hydroxylation is 1. The molecule has 4 aromatic rings. The highest BCUT2D eigenvalue weighted by Crippen LogP contribution is 2.31. The van der Waals surface area contributed by atoms with E-state index in [0.29, 0.717) is 19.6 Å². The molecule has 0 aliphatic carbocycles. The third-order valence-corrected chi connectivity index (χ3v) is 5.98. The van der Waals surface area contributed by atoms with Crippen LogP contribution in [0.1, 0.15) is 33.0 Å². The summed E-state index contributed by atoms with van der Waals surface area (Å²) in [7, 11) is 1.68. The largest absolute Gasteiger partial charge is 0.497 e. The lowest BCUT2D eigenvalue weighted by atomic mass is 10.0. The molecule has 2 aromatic heterocycles. The molecule has 0 fully saturated rings. The highest BCUT2D eigenvalue weighted by molar-refractivity contribution is 5.96. The summed E-state index contributed by atoms with van der Waals surface area (Å²) in [6, 6.07) is 13.9. The Kier molecular flexibility index (Phi) is 4.54. The van der Waals surface area contributed by atoms with Crippen molar-refractivity contribution in [1.82, 2.24) is 19.4 Å². The SMILES string of the molecule is COc1ccc2[nH]c3c(c2c1)CN(C(=O)c1ccccc1Cn1ccnc1C)CC3. The maximum Gasteiger partial charge on any atom is 0.254 e. The number of carbonyl (C=O) groups excluding carboxylic acids is 1. The van der Waals surface area contributed by atoms with Gasteiger partial charge in [-0.05, 0) is 36.8 Å². The lowest BCUT2D eigenvalue weighted by Gasteiger charge is -2.28. The van der Waals surface area contributed by atoms with Crippen LogP contribution in [0.3, 0.4) is 0 Å². The number of ether oxygens (including phenoxy) is 1. The lowest BCUT2D eigenvalue weighted by molar-refractivity contribution is 0.0734. The number of methoxy groups -OCH3 is 1. The number of hydrogen-bond acceptors (Lipinski definition) is 3. The van der Waals surface area contributed by atoms with E-state index in [1.165, 1.54) is 11.3 Å². The molecule has 1 N–H and O–H groups in total. The summed E-state index contributed by atoms with van der Waals surface area (Å²) in [5.41, 5.74) is 5.25. The number of rotatable bonds is 4. The maximum atomic E-state index is 13.5. The molecule has 1 aliphatic heterocycles. The van der Waals surface area contributed by atoms with Crippen LogP contribution in [0.15, 0.2) is 54.9 Å². The number of carbonyl (C=O) groups is 1. The van der Waals surface area contributed by atoms with Crippen molar-refractivity contribution in [2.75, 3.05) is 13.7 Å². The first-order valence-electron chi connectivity index (χ1n) is 10.2. The zero-order valence-electron chi connectivity index (χ0n) is 17.2. The second-order valence-corrected chi connectivity index (χ2v) is 7.73. The molecular weight excluding hydrogens is 376 g/mol. The zero-order chi connectivity index (χ0) is 20.7. The summed E-state index contributed by atoms with van der Waals surface area (Å²) in [4.78, 5) is 23.2. The number of H-pyrrole nitrogens is 1. The van der Waals surface area contributed by atoms with E-state index in [4.69, 9.17) is 4.74 Å². The molecule has 6 heteroatoms. The van der Waals surface area contributed by atoms with Gasteiger partial charge >= 0.3 is 0 Å². The fraction of sp³-hybridized carbons (Fsp3) is 0.250. The summed E-state index contributed by atoms with van der Waals surface area (Å²) in [6.45, 7) is 3.91. The molecule has 0 unspecified atom stereocenters. The molecule has 1 amide bonds. The number of hydrogen-bond donors (Lipinski definition) is 1. The number of amides is 1. The molecule has 0 spiro atoms. The monoisotopic (exact) mass is 400 g/mol. The molecule has 0 atom stereocenters. The number of fused-ring (bicyclic) bond motifs is 3. The fourth-order valence-corrected chi connectivity index (χ4v) is 4.29. The molecular formula is C24H24N4O2. The van der Waals surface area contributed by atoms with Crippen LogP contribution in [0.5, 0.6) is 5.75 Å². The van der Waals surface area contributed by atoms with Gasteiger partial charge in [-0.15, -0.1) is 0 Å². The van der Waals surface area contributed by atoms with E-state index in [2.05, 4.69) is 20.6 Å². The van der Waals surface area contributed by atoms with Crippen molar-refractivity contribution < 1.29 is 9.53 Å². The highest BCUT2D eigenvalue weighted by Gasteiger charge is 2.26. The predicted octanol–water partition coefficient (Wildman–Crippen LogP) is 3.93. The van der Waals surface area contributed by atoms with Crippen LogP contribution in [-0.2, 0) is 19.5 Å². The third kappa shape index (κ3) is 3.14. The van der Waals surface area contributed by atoms with Crippen LogP contribution in [0.2, 0.25) is 0 Å². The lowest BCUT2D eigenvalue weighted by Crippen LogP contribution is -2.36. The Hall–Kier alpha value is -3.54. The Labute approximate surface area is 175 Å². The summed E-state index contributed by atoms with van der Waals surface area (Å²) in [5, 5.41) is 1.13. The number of imidazole rings is 1. The van der Waals surface area contributed by atoms with Crippen molar-refractivity contribution >= 4 is 16.8 Å². The summed E-state index contributed by atoms with van der Waals surface area (Å²) in [6.07, 6.45) is 4.56. The smallest absolute Gasteiger partial charge is 0.254 e. The quantitative estimate of drug-likeness (QED) is 0.565. The van der Waals surface area contributed by atoms with Gasteiger partial charge in [0, 0.05) is 66.2 Å². The fourth-order valence-electron chi connectivity index (χ4n) is 4.29. The topological polar surface area (TPSA) is 63.1 Å². The standard InChI is InChI=1S/C24H24N4O2/c1-16-25-10-12-27(16)14-17-5-3-4-6-19(17)24(29)28-11-9-23-21(15-28)20-13-18(30-2)7-8-22(20)26-23/h3-8,10,12-13,26H,9,11,14-15H2,1-2H3. The molecule has 0 saturated carbocycles. The van der Waals surface area contributed by atoms with Crippen LogP contribution >= 0.6 is 0 Å². The van der Waals surface area contributed by atoms with Crippen molar-refractivity contribution in [2.24, 2.45) is 0 Å². The zero-order valence-corrected chi connectivity index (χ0v) is 17.2. The molecule has 2 aromatic carbocycles. The molecule has 0 radical (unpaired) electrons. The first-order valence-corrected chi connectivity index (χ1v) is 10.2. The van der Waals surface area contributed by atoms with Crippen LogP contribution in [-0.4, -0.2) is 39.0 Å². The van der Waals surface area contributed by atoms with E-state index >= 15 is 0 Å². The maximum absolute atomic E-state index is 13.5. The average molecular weight is 400 g/mol. The van der Waals surface area contributed by atoms with Crippen LogP contribution < -0.4 is 4.74 Å². The Balaban J connectivity index is 1.45. The van der Waals surface area contributed by atoms with Crippen molar-refractivity contribution in [3.05, 3.63) is 83.1 Å². The average Bonchev–Trinajstić information content (AvgIpc) is 3.35. The van der Waals surface area contributed by atoms with Crippen LogP contribution in [0.25, 0.3) is 10.9 Å². The van der Waals surface area contributed by atoms with E-state index in [9.17, 15) is 4.79 Å². The number of aromatic amines is 1. The van der Waals surface area contributed by atoms with Gasteiger partial charge in [0.1, 0.15) is 11.6 Å². The van der Waals surface area contributed by atoms with Crippen molar-refractivity contribution in [1.29, 1.82) is 0 Å². The Morgan fingerprint density at radius 2 is 2.10 bits per heavy atom. The number of aromatic nitrogens is 3. The molecule has 152 valence electrons. The molecule has 6 nitrogen and oxygen atoms in total. The van der Waals surface area contributed by atoms with Gasteiger partial charge in [0.05, 0.1) is 7.11 Å². The summed E-state index contributed by atoms with van der Waals surface area (Å²) < 4.78 is 7.46. The van der Waals surface area contributed by atoms with E-state index < -0.39 is 0 Å². The number of benzene rings is 2. The van der Waals surface area contributed by atoms with Crippen LogP contribution in [0.4, 0.5) is 0 Å². The van der Waals surface area contributed by atoms with Crippen LogP contribution in [0, 0.1) is 6.92 Å². The second kappa shape index (κ2) is 7.37. The Bertz CT molecular complexity index is 1240. The van der Waals surface area contributed by atoms with Gasteiger partial charge in [-0.2, -0.15) is 0 Å². The van der Waals surface area contributed by atoms with Gasteiger partial charge in [-0.3, -0.25) is 4.79 Å². The minimum atomic E-state index is 0.0752. The molecule has 0 bridgehead atoms. The van der Waals surface area contributed by atoms with E-state index in [1.54, 1.807) is 13.3 Å². The van der Waals surface area contributed by atoms with Crippen molar-refractivity contribution in [2.45, 2.75) is 26.4 Å². The third-order valence-electron chi connectivity index (χ3n) is 5.98. The van der Waals surface area contributed by atoms with Gasteiger partial charge in [-0.25, -0.2) is 4.98 Å². The van der Waals surface area contributed by atoms with Gasteiger partial charge in [0.15, 0.2) is 0 Å². The van der Waals surface area contributed by atoms with E-state index in [1.807, 2.05) is 54.4 Å². The first kappa shape index (κ1) is 18.5. The molecule has 5 rings (SSSR count). The van der Waals surface area contributed by atoms with E-state index in [-0.39, 0.29) is 5.91 Å². The van der Waals surface area contributed by atoms with Gasteiger partial charge < -0.3 is 19.2 Å². The Morgan fingerprint density at radius 3 is 2.90 bits per heavy atom. The van der Waals surface area contributed by atoms with Crippen molar-refractivity contribution in [3.8, 4) is 5.75 Å². The minimum Gasteiger partial charge on any atom is -0.497 e. The normalized spacial score (nSPS) is 13.5. The van der Waals surface area contributed by atoms with Gasteiger partial charge in [0.2, 0.25) is 0 Å².